The Balaban J connectivity index is 1.83. The molecule has 2 rings (SSSR count). The molecule has 17 heavy (non-hydrogen) atoms. The fourth-order valence-electron chi connectivity index (χ4n) is 2.84. The van der Waals surface area contributed by atoms with E-state index in [1.165, 1.54) is 25.7 Å². The SMILES string of the molecule is COCC1CCN(C(=O)N2CCCCCC2)C1. The van der Waals surface area contributed by atoms with Gasteiger partial charge in [-0.05, 0) is 19.3 Å². The van der Waals surface area contributed by atoms with Crippen LogP contribution in [0.2, 0.25) is 0 Å². The Morgan fingerprint density at radius 2 is 1.82 bits per heavy atom. The van der Waals surface area contributed by atoms with Gasteiger partial charge in [-0.2, -0.15) is 0 Å². The maximum atomic E-state index is 12.3. The summed E-state index contributed by atoms with van der Waals surface area (Å²) < 4.78 is 5.17. The van der Waals surface area contributed by atoms with Crippen molar-refractivity contribution in [1.82, 2.24) is 9.80 Å². The van der Waals surface area contributed by atoms with Gasteiger partial charge in [0.25, 0.3) is 0 Å². The van der Waals surface area contributed by atoms with Gasteiger partial charge in [-0.25, -0.2) is 4.79 Å². The van der Waals surface area contributed by atoms with Crippen LogP contribution in [0.5, 0.6) is 0 Å². The molecule has 0 bridgehead atoms. The van der Waals surface area contributed by atoms with Crippen LogP contribution < -0.4 is 0 Å². The Bertz CT molecular complexity index is 250. The predicted octanol–water partition coefficient (Wildman–Crippen LogP) is 1.95. The van der Waals surface area contributed by atoms with Gasteiger partial charge < -0.3 is 14.5 Å². The van der Waals surface area contributed by atoms with Gasteiger partial charge in [0.2, 0.25) is 0 Å². The molecule has 0 radical (unpaired) electrons. The van der Waals surface area contributed by atoms with Gasteiger partial charge in [0.15, 0.2) is 0 Å². The number of urea groups is 1. The molecule has 0 saturated carbocycles. The van der Waals surface area contributed by atoms with Gasteiger partial charge in [0.1, 0.15) is 0 Å². The van der Waals surface area contributed by atoms with Crippen molar-refractivity contribution in [2.45, 2.75) is 32.1 Å². The lowest BCUT2D eigenvalue weighted by Crippen LogP contribution is -2.42. The minimum absolute atomic E-state index is 0.255. The molecule has 1 unspecified atom stereocenters. The van der Waals surface area contributed by atoms with E-state index in [0.29, 0.717) is 5.92 Å². The zero-order chi connectivity index (χ0) is 12.1. The van der Waals surface area contributed by atoms with Crippen LogP contribution in [-0.2, 0) is 4.74 Å². The Morgan fingerprint density at radius 3 is 2.47 bits per heavy atom. The molecule has 4 heteroatoms. The van der Waals surface area contributed by atoms with E-state index in [-0.39, 0.29) is 6.03 Å². The average Bonchev–Trinajstić information content (AvgIpc) is 2.64. The fourth-order valence-corrected chi connectivity index (χ4v) is 2.84. The summed E-state index contributed by atoms with van der Waals surface area (Å²) in [5.74, 6) is 0.538. The summed E-state index contributed by atoms with van der Waals surface area (Å²) in [6.45, 7) is 4.46. The third-order valence-corrected chi connectivity index (χ3v) is 3.84. The van der Waals surface area contributed by atoms with Crippen LogP contribution in [0.3, 0.4) is 0 Å². The molecular weight excluding hydrogens is 216 g/mol. The van der Waals surface area contributed by atoms with Crippen molar-refractivity contribution in [2.24, 2.45) is 5.92 Å². The highest BCUT2D eigenvalue weighted by molar-refractivity contribution is 5.74. The fraction of sp³-hybridized carbons (Fsp3) is 0.923. The molecule has 0 spiro atoms. The van der Waals surface area contributed by atoms with Crippen molar-refractivity contribution in [2.75, 3.05) is 39.9 Å². The molecule has 0 aromatic heterocycles. The molecule has 4 nitrogen and oxygen atoms in total. The maximum Gasteiger partial charge on any atom is 0.320 e. The normalized spacial score (nSPS) is 26.1. The largest absolute Gasteiger partial charge is 0.384 e. The van der Waals surface area contributed by atoms with Crippen molar-refractivity contribution in [1.29, 1.82) is 0 Å². The molecule has 2 heterocycles. The molecule has 1 atom stereocenters. The van der Waals surface area contributed by atoms with Gasteiger partial charge in [0.05, 0.1) is 6.61 Å². The summed E-state index contributed by atoms with van der Waals surface area (Å²) in [5, 5.41) is 0. The van der Waals surface area contributed by atoms with Gasteiger partial charge in [-0.3, -0.25) is 0 Å². The predicted molar refractivity (Wildman–Crippen MR) is 67.0 cm³/mol. The number of likely N-dealkylation sites (tertiary alicyclic amines) is 2. The molecule has 2 saturated heterocycles. The Morgan fingerprint density at radius 1 is 1.12 bits per heavy atom. The topological polar surface area (TPSA) is 32.8 Å². The van der Waals surface area contributed by atoms with Crippen molar-refractivity contribution in [3.63, 3.8) is 0 Å². The van der Waals surface area contributed by atoms with Crippen LogP contribution in [-0.4, -0.2) is 55.7 Å². The third-order valence-electron chi connectivity index (χ3n) is 3.84. The van der Waals surface area contributed by atoms with E-state index in [1.807, 2.05) is 9.80 Å². The Labute approximate surface area is 104 Å². The first-order valence-electron chi connectivity index (χ1n) is 6.84. The number of amides is 2. The zero-order valence-corrected chi connectivity index (χ0v) is 10.9. The number of hydrogen-bond donors (Lipinski definition) is 0. The Hall–Kier alpha value is -0.770. The van der Waals surface area contributed by atoms with Crippen molar-refractivity contribution in [3.8, 4) is 0 Å². The average molecular weight is 240 g/mol. The van der Waals surface area contributed by atoms with Crippen LogP contribution in [0.15, 0.2) is 0 Å². The van der Waals surface area contributed by atoms with E-state index >= 15 is 0 Å². The quantitative estimate of drug-likeness (QED) is 0.739. The van der Waals surface area contributed by atoms with Crippen LogP contribution in [0.1, 0.15) is 32.1 Å². The zero-order valence-electron chi connectivity index (χ0n) is 10.9. The number of hydrogen-bond acceptors (Lipinski definition) is 2. The number of carbonyl (C=O) groups is 1. The number of nitrogens with zero attached hydrogens (tertiary/aromatic N) is 2. The molecule has 2 aliphatic heterocycles. The van der Waals surface area contributed by atoms with Crippen LogP contribution in [0, 0.1) is 5.92 Å². The standard InChI is InChI=1S/C13H24N2O2/c1-17-11-12-6-9-15(10-12)13(16)14-7-4-2-3-5-8-14/h12H,2-11H2,1H3. The van der Waals surface area contributed by atoms with Gasteiger partial charge >= 0.3 is 6.03 Å². The van der Waals surface area contributed by atoms with Gasteiger partial charge in [0, 0.05) is 39.2 Å². The third kappa shape index (κ3) is 3.35. The van der Waals surface area contributed by atoms with Crippen molar-refractivity contribution < 1.29 is 9.53 Å². The molecule has 98 valence electrons. The summed E-state index contributed by atoms with van der Waals surface area (Å²) in [6.07, 6.45) is 5.97. The lowest BCUT2D eigenvalue weighted by molar-refractivity contribution is 0.144. The van der Waals surface area contributed by atoms with E-state index in [2.05, 4.69) is 0 Å². The number of rotatable bonds is 2. The second kappa shape index (κ2) is 6.24. The molecule has 0 aromatic rings. The first-order chi connectivity index (χ1) is 8.31. The summed E-state index contributed by atoms with van der Waals surface area (Å²) >= 11 is 0. The summed E-state index contributed by atoms with van der Waals surface area (Å²) in [7, 11) is 1.74. The first-order valence-corrected chi connectivity index (χ1v) is 6.84. The molecule has 0 aromatic carbocycles. The van der Waals surface area contributed by atoms with Crippen molar-refractivity contribution >= 4 is 6.03 Å². The van der Waals surface area contributed by atoms with Crippen LogP contribution in [0.4, 0.5) is 4.79 Å². The molecule has 2 fully saturated rings. The monoisotopic (exact) mass is 240 g/mol. The molecule has 2 amide bonds. The minimum Gasteiger partial charge on any atom is -0.384 e. The summed E-state index contributed by atoms with van der Waals surface area (Å²) in [6, 6.07) is 0.255. The maximum absolute atomic E-state index is 12.3. The highest BCUT2D eigenvalue weighted by Crippen LogP contribution is 2.19. The van der Waals surface area contributed by atoms with Gasteiger partial charge in [-0.1, -0.05) is 12.8 Å². The van der Waals surface area contributed by atoms with Crippen molar-refractivity contribution in [3.05, 3.63) is 0 Å². The number of carbonyl (C=O) groups excluding carboxylic acids is 1. The Kier molecular flexibility index (Phi) is 4.66. The summed E-state index contributed by atoms with van der Waals surface area (Å²) in [4.78, 5) is 16.4. The van der Waals surface area contributed by atoms with Crippen LogP contribution in [0.25, 0.3) is 0 Å². The summed E-state index contributed by atoms with van der Waals surface area (Å²) in [5.41, 5.74) is 0. The highest BCUT2D eigenvalue weighted by atomic mass is 16.5. The first kappa shape index (κ1) is 12.7. The van der Waals surface area contributed by atoms with E-state index in [4.69, 9.17) is 4.74 Å². The molecule has 0 aliphatic carbocycles. The smallest absolute Gasteiger partial charge is 0.320 e. The highest BCUT2D eigenvalue weighted by Gasteiger charge is 2.29. The van der Waals surface area contributed by atoms with Gasteiger partial charge in [-0.15, -0.1) is 0 Å². The molecular formula is C13H24N2O2. The van der Waals surface area contributed by atoms with E-state index in [9.17, 15) is 4.79 Å². The van der Waals surface area contributed by atoms with E-state index < -0.39 is 0 Å². The number of methoxy groups -OCH3 is 1. The van der Waals surface area contributed by atoms with E-state index in [1.54, 1.807) is 7.11 Å². The number of ether oxygens (including phenoxy) is 1. The lowest BCUT2D eigenvalue weighted by atomic mass is 10.1. The van der Waals surface area contributed by atoms with E-state index in [0.717, 1.165) is 39.2 Å². The minimum atomic E-state index is 0.255. The molecule has 0 N–H and O–H groups in total. The lowest BCUT2D eigenvalue weighted by Gasteiger charge is -2.26. The second-order valence-corrected chi connectivity index (χ2v) is 5.24. The van der Waals surface area contributed by atoms with Crippen LogP contribution >= 0.6 is 0 Å². The molecule has 2 aliphatic rings. The second-order valence-electron chi connectivity index (χ2n) is 5.24.